The quantitative estimate of drug-likeness (QED) is 0.606. The summed E-state index contributed by atoms with van der Waals surface area (Å²) in [5, 5.41) is 0. The molecule has 5 nitrogen and oxygen atoms in total. The van der Waals surface area contributed by atoms with Crippen LogP contribution in [0, 0.1) is 16.7 Å². The Hall–Kier alpha value is -2.11. The van der Waals surface area contributed by atoms with E-state index in [-0.39, 0.29) is 41.5 Å². The monoisotopic (exact) mass is 472 g/mol. The number of carbonyl (C=O) groups excluding carboxylic acids is 1. The molecule has 4 atom stereocenters. The standard InChI is InChI=1S/C27H37N2O3.ClH/c1-19(31-18-20-10-8-7-9-11-20)23-16-22(28(5)6)13-15-29(23)25(30)32-24-26(2,3)21-12-14-27(24,4)17-21;/h7-11,13,15-16,19,21,24H,12,14,17-18H2,1-6H3;1H/q+1;/p-1/t19-,21?,24?,27?;/m0./s1. The number of hydrogen-bond donors (Lipinski definition) is 0. The zero-order chi connectivity index (χ0) is 23.1. The molecule has 0 N–H and O–H groups in total. The Morgan fingerprint density at radius 3 is 2.48 bits per heavy atom. The molecule has 1 aromatic heterocycles. The number of carbonyl (C=O) groups is 1. The Morgan fingerprint density at radius 1 is 1.18 bits per heavy atom. The van der Waals surface area contributed by atoms with Crippen LogP contribution in [0.25, 0.3) is 0 Å². The number of pyridine rings is 1. The van der Waals surface area contributed by atoms with Gasteiger partial charge in [-0.15, -0.1) is 0 Å². The van der Waals surface area contributed by atoms with Crippen LogP contribution in [-0.4, -0.2) is 26.3 Å². The maximum atomic E-state index is 13.5. The molecular weight excluding hydrogens is 436 g/mol. The van der Waals surface area contributed by atoms with Gasteiger partial charge in [0.1, 0.15) is 12.2 Å². The molecule has 2 aliphatic carbocycles. The largest absolute Gasteiger partial charge is 1.00 e. The van der Waals surface area contributed by atoms with E-state index in [0.717, 1.165) is 29.8 Å². The highest BCUT2D eigenvalue weighted by molar-refractivity contribution is 5.59. The third kappa shape index (κ3) is 4.90. The highest BCUT2D eigenvalue weighted by Gasteiger charge is 2.62. The lowest BCUT2D eigenvalue weighted by molar-refractivity contribution is -0.601. The van der Waals surface area contributed by atoms with E-state index in [1.54, 1.807) is 4.57 Å². The minimum absolute atomic E-state index is 0. The molecule has 2 saturated carbocycles. The number of halogens is 1. The van der Waals surface area contributed by atoms with Crippen LogP contribution >= 0.6 is 0 Å². The molecule has 0 amide bonds. The molecule has 6 heteroatoms. The van der Waals surface area contributed by atoms with Gasteiger partial charge in [-0.3, -0.25) is 0 Å². The molecule has 2 aliphatic rings. The van der Waals surface area contributed by atoms with E-state index < -0.39 is 0 Å². The van der Waals surface area contributed by atoms with Gasteiger partial charge in [0.05, 0.1) is 6.61 Å². The molecule has 1 aromatic carbocycles. The summed E-state index contributed by atoms with van der Waals surface area (Å²) in [6.45, 7) is 9.27. The number of fused-ring (bicyclic) bond motifs is 2. The summed E-state index contributed by atoms with van der Waals surface area (Å²) >= 11 is 0. The van der Waals surface area contributed by atoms with Crippen LogP contribution in [0.2, 0.25) is 0 Å². The van der Waals surface area contributed by atoms with E-state index in [1.807, 2.05) is 74.6 Å². The Bertz CT molecular complexity index is 974. The van der Waals surface area contributed by atoms with E-state index in [9.17, 15) is 4.79 Å². The van der Waals surface area contributed by atoms with E-state index in [0.29, 0.717) is 12.5 Å². The van der Waals surface area contributed by atoms with Gasteiger partial charge in [-0.2, -0.15) is 4.79 Å². The summed E-state index contributed by atoms with van der Waals surface area (Å²) in [4.78, 5) is 15.5. The highest BCUT2D eigenvalue weighted by Crippen LogP contribution is 2.63. The normalized spacial score (nSPS) is 25.9. The Balaban J connectivity index is 0.00000306. The average molecular weight is 473 g/mol. The molecule has 0 aliphatic heterocycles. The molecule has 1 heterocycles. The summed E-state index contributed by atoms with van der Waals surface area (Å²) in [6, 6.07) is 14.1. The molecule has 2 aromatic rings. The van der Waals surface area contributed by atoms with Crippen LogP contribution in [0.1, 0.15) is 64.3 Å². The summed E-state index contributed by atoms with van der Waals surface area (Å²) < 4.78 is 14.1. The fraction of sp³-hybridized carbons (Fsp3) is 0.556. The van der Waals surface area contributed by atoms with Gasteiger partial charge in [0.2, 0.25) is 5.69 Å². The second kappa shape index (κ2) is 9.63. The van der Waals surface area contributed by atoms with Gasteiger partial charge in [0.25, 0.3) is 0 Å². The van der Waals surface area contributed by atoms with Crippen LogP contribution in [0.3, 0.4) is 0 Å². The van der Waals surface area contributed by atoms with Crippen LogP contribution in [0.15, 0.2) is 48.7 Å². The minimum Gasteiger partial charge on any atom is -1.00 e. The summed E-state index contributed by atoms with van der Waals surface area (Å²) in [7, 11) is 3.99. The van der Waals surface area contributed by atoms with Gasteiger partial charge in [0.15, 0.2) is 6.20 Å². The minimum atomic E-state index is -0.313. The van der Waals surface area contributed by atoms with E-state index >= 15 is 0 Å². The fourth-order valence-electron chi connectivity index (χ4n) is 5.85. The number of anilines is 1. The fourth-order valence-corrected chi connectivity index (χ4v) is 5.85. The van der Waals surface area contributed by atoms with E-state index in [4.69, 9.17) is 9.47 Å². The van der Waals surface area contributed by atoms with Crippen molar-refractivity contribution in [3.8, 4) is 0 Å². The third-order valence-electron chi connectivity index (χ3n) is 7.80. The van der Waals surface area contributed by atoms with Crippen LogP contribution < -0.4 is 21.9 Å². The summed E-state index contributed by atoms with van der Waals surface area (Å²) in [5.41, 5.74) is 3.00. The first-order chi connectivity index (χ1) is 15.1. The Morgan fingerprint density at radius 2 is 1.88 bits per heavy atom. The third-order valence-corrected chi connectivity index (χ3v) is 7.80. The van der Waals surface area contributed by atoms with Gasteiger partial charge in [-0.1, -0.05) is 55.7 Å². The van der Waals surface area contributed by atoms with Crippen molar-refractivity contribution in [3.05, 3.63) is 59.9 Å². The smallest absolute Gasteiger partial charge is 0.602 e. The first-order valence-corrected chi connectivity index (χ1v) is 11.7. The highest BCUT2D eigenvalue weighted by atomic mass is 35.5. The van der Waals surface area contributed by atoms with Crippen molar-refractivity contribution < 1.29 is 31.2 Å². The topological polar surface area (TPSA) is 42.7 Å². The van der Waals surface area contributed by atoms with E-state index in [1.165, 1.54) is 6.42 Å². The van der Waals surface area contributed by atoms with Crippen molar-refractivity contribution in [2.45, 2.75) is 65.8 Å². The number of benzene rings is 1. The molecule has 4 rings (SSSR count). The molecule has 180 valence electrons. The number of ether oxygens (including phenoxy) is 2. The maximum absolute atomic E-state index is 13.5. The first kappa shape index (κ1) is 25.5. The maximum Gasteiger partial charge on any atom is 0.602 e. The zero-order valence-electron chi connectivity index (χ0n) is 20.7. The van der Waals surface area contributed by atoms with Crippen LogP contribution in [0.5, 0.6) is 0 Å². The van der Waals surface area contributed by atoms with Gasteiger partial charge in [-0.25, -0.2) is 0 Å². The molecule has 2 bridgehead atoms. The molecular formula is C27H37ClN2O3. The zero-order valence-corrected chi connectivity index (χ0v) is 21.4. The van der Waals surface area contributed by atoms with Crippen molar-refractivity contribution in [1.29, 1.82) is 0 Å². The number of rotatable bonds is 6. The lowest BCUT2D eigenvalue weighted by atomic mass is 9.70. The van der Waals surface area contributed by atoms with Crippen molar-refractivity contribution >= 4 is 11.8 Å². The van der Waals surface area contributed by atoms with Crippen molar-refractivity contribution in [2.24, 2.45) is 16.7 Å². The molecule has 0 radical (unpaired) electrons. The second-order valence-corrected chi connectivity index (χ2v) is 10.7. The van der Waals surface area contributed by atoms with Gasteiger partial charge >= 0.3 is 6.09 Å². The lowest BCUT2D eigenvalue weighted by Crippen LogP contribution is -3.00. The molecule has 0 spiro atoms. The predicted octanol–water partition coefficient (Wildman–Crippen LogP) is 2.52. The van der Waals surface area contributed by atoms with Gasteiger partial charge < -0.3 is 26.8 Å². The Kier molecular flexibility index (Phi) is 7.45. The van der Waals surface area contributed by atoms with Gasteiger partial charge in [-0.05, 0) is 37.7 Å². The van der Waals surface area contributed by atoms with Crippen LogP contribution in [0.4, 0.5) is 10.5 Å². The van der Waals surface area contributed by atoms with Crippen molar-refractivity contribution in [2.75, 3.05) is 19.0 Å². The summed E-state index contributed by atoms with van der Waals surface area (Å²) in [6.07, 6.45) is 4.67. The predicted molar refractivity (Wildman–Crippen MR) is 126 cm³/mol. The molecule has 33 heavy (non-hydrogen) atoms. The van der Waals surface area contributed by atoms with Crippen LogP contribution in [-0.2, 0) is 16.1 Å². The molecule has 2 fully saturated rings. The number of nitrogens with zero attached hydrogens (tertiary/aromatic N) is 2. The molecule has 0 saturated heterocycles. The first-order valence-electron chi connectivity index (χ1n) is 11.7. The lowest BCUT2D eigenvalue weighted by Gasteiger charge is -2.40. The summed E-state index contributed by atoms with van der Waals surface area (Å²) in [5.74, 6) is 0.624. The average Bonchev–Trinajstić information content (AvgIpc) is 3.26. The second-order valence-electron chi connectivity index (χ2n) is 10.7. The number of hydrogen-bond acceptors (Lipinski definition) is 4. The van der Waals surface area contributed by atoms with Gasteiger partial charge in [0, 0.05) is 42.7 Å². The van der Waals surface area contributed by atoms with E-state index in [2.05, 4.69) is 20.8 Å². The van der Waals surface area contributed by atoms with Crippen molar-refractivity contribution in [1.82, 2.24) is 0 Å². The Labute approximate surface area is 204 Å². The number of aromatic nitrogens is 1. The van der Waals surface area contributed by atoms with Crippen molar-refractivity contribution in [3.63, 3.8) is 0 Å². The molecule has 3 unspecified atom stereocenters. The SMILES string of the molecule is C[C@H](OCc1ccccc1)c1cc(N(C)C)cc[n+]1C(=O)OC1C2(C)CCC(C2)C1(C)C.[Cl-].